The summed E-state index contributed by atoms with van der Waals surface area (Å²) in [6.07, 6.45) is -3.46. The van der Waals surface area contributed by atoms with Gasteiger partial charge in [0, 0.05) is 32.8 Å². The maximum atomic E-state index is 13.1. The average Bonchev–Trinajstić information content (AvgIpc) is 3.14. The summed E-state index contributed by atoms with van der Waals surface area (Å²) in [5.41, 5.74) is -1.29. The van der Waals surface area contributed by atoms with Crippen molar-refractivity contribution in [1.29, 1.82) is 0 Å². The molecule has 0 spiro atoms. The second-order valence-corrected chi connectivity index (χ2v) is 6.16. The molecule has 0 aliphatic carbocycles. The number of carbonyl (C=O) groups is 2. The summed E-state index contributed by atoms with van der Waals surface area (Å²) in [5, 5.41) is 0. The van der Waals surface area contributed by atoms with Crippen molar-refractivity contribution >= 4 is 11.8 Å². The summed E-state index contributed by atoms with van der Waals surface area (Å²) in [5.74, 6) is -0.752. The van der Waals surface area contributed by atoms with Crippen molar-refractivity contribution in [2.75, 3.05) is 32.8 Å². The molecule has 2 aliphatic heterocycles. The van der Waals surface area contributed by atoms with Gasteiger partial charge in [0.2, 0.25) is 0 Å². The van der Waals surface area contributed by atoms with Crippen molar-refractivity contribution in [2.24, 2.45) is 0 Å². The van der Waals surface area contributed by atoms with Gasteiger partial charge < -0.3 is 14.5 Å². The summed E-state index contributed by atoms with van der Waals surface area (Å²) in [6, 6.07) is 4.77. The van der Waals surface area contributed by atoms with E-state index in [1.165, 1.54) is 23.1 Å². The third-order valence-corrected chi connectivity index (χ3v) is 4.55. The summed E-state index contributed by atoms with van der Waals surface area (Å²) < 4.78 is 44.6. The number of ether oxygens (including phenoxy) is 1. The van der Waals surface area contributed by atoms with Crippen LogP contribution in [-0.4, -0.2) is 60.5 Å². The first-order valence-corrected chi connectivity index (χ1v) is 8.24. The predicted octanol–water partition coefficient (Wildman–Crippen LogP) is 2.17. The highest BCUT2D eigenvalue weighted by Crippen LogP contribution is 2.32. The van der Waals surface area contributed by atoms with Crippen LogP contribution in [-0.2, 0) is 15.7 Å². The number of alkyl halides is 3. The topological polar surface area (TPSA) is 49.9 Å². The molecule has 0 saturated carbocycles. The standard InChI is InChI=1S/C17H19F3N2O3/c18-17(19,20)13-5-2-1-4-12(13)15(23)21-7-9-22(10-8-21)16(24)14-6-3-11-25-14/h1-2,4-5,14H,3,6-11H2. The summed E-state index contributed by atoms with van der Waals surface area (Å²) in [4.78, 5) is 27.8. The molecular formula is C17H19F3N2O3. The molecule has 2 aliphatic rings. The molecule has 1 aromatic rings. The highest BCUT2D eigenvalue weighted by Gasteiger charge is 2.37. The Morgan fingerprint density at radius 3 is 2.28 bits per heavy atom. The second-order valence-electron chi connectivity index (χ2n) is 6.16. The van der Waals surface area contributed by atoms with Gasteiger partial charge in [0.15, 0.2) is 0 Å². The minimum Gasteiger partial charge on any atom is -0.368 e. The summed E-state index contributed by atoms with van der Waals surface area (Å²) in [7, 11) is 0. The van der Waals surface area contributed by atoms with Gasteiger partial charge in [-0.3, -0.25) is 9.59 Å². The predicted molar refractivity (Wildman–Crippen MR) is 82.9 cm³/mol. The molecule has 8 heteroatoms. The lowest BCUT2D eigenvalue weighted by Crippen LogP contribution is -2.53. The molecule has 2 saturated heterocycles. The van der Waals surface area contributed by atoms with Crippen LogP contribution in [0.4, 0.5) is 13.2 Å². The molecule has 0 bridgehead atoms. The van der Waals surface area contributed by atoms with Crippen LogP contribution in [0, 0.1) is 0 Å². The molecule has 2 fully saturated rings. The third kappa shape index (κ3) is 3.78. The summed E-state index contributed by atoms with van der Waals surface area (Å²) in [6.45, 7) is 1.60. The number of nitrogens with zero attached hydrogens (tertiary/aromatic N) is 2. The normalized spacial score (nSPS) is 21.5. The number of hydrogen-bond acceptors (Lipinski definition) is 3. The van der Waals surface area contributed by atoms with E-state index in [0.29, 0.717) is 26.1 Å². The first-order valence-electron chi connectivity index (χ1n) is 8.24. The Bertz CT molecular complexity index is 649. The van der Waals surface area contributed by atoms with Crippen molar-refractivity contribution in [2.45, 2.75) is 25.1 Å². The van der Waals surface area contributed by atoms with E-state index in [0.717, 1.165) is 12.5 Å². The van der Waals surface area contributed by atoms with E-state index in [1.807, 2.05) is 0 Å². The van der Waals surface area contributed by atoms with Gasteiger partial charge in [-0.1, -0.05) is 12.1 Å². The lowest BCUT2D eigenvalue weighted by molar-refractivity contribution is -0.142. The molecule has 3 rings (SSSR count). The Labute approximate surface area is 143 Å². The van der Waals surface area contributed by atoms with Gasteiger partial charge >= 0.3 is 6.18 Å². The fourth-order valence-electron chi connectivity index (χ4n) is 3.19. The first kappa shape index (κ1) is 17.7. The van der Waals surface area contributed by atoms with E-state index in [9.17, 15) is 22.8 Å². The Kier molecular flexibility index (Phi) is 4.99. The number of rotatable bonds is 2. The minimum absolute atomic E-state index is 0.0970. The Hall–Kier alpha value is -2.09. The van der Waals surface area contributed by atoms with Crippen LogP contribution in [0.5, 0.6) is 0 Å². The van der Waals surface area contributed by atoms with Crippen molar-refractivity contribution in [3.05, 3.63) is 35.4 Å². The van der Waals surface area contributed by atoms with Crippen LogP contribution in [0.15, 0.2) is 24.3 Å². The van der Waals surface area contributed by atoms with Gasteiger partial charge in [-0.05, 0) is 25.0 Å². The van der Waals surface area contributed by atoms with Gasteiger partial charge in [-0.25, -0.2) is 0 Å². The van der Waals surface area contributed by atoms with E-state index in [-0.39, 0.29) is 24.6 Å². The van der Waals surface area contributed by atoms with Crippen molar-refractivity contribution in [3.8, 4) is 0 Å². The molecule has 2 amide bonds. The van der Waals surface area contributed by atoms with Gasteiger partial charge in [-0.2, -0.15) is 13.2 Å². The molecule has 2 heterocycles. The van der Waals surface area contributed by atoms with Crippen molar-refractivity contribution in [1.82, 2.24) is 9.80 Å². The lowest BCUT2D eigenvalue weighted by atomic mass is 10.1. The van der Waals surface area contributed by atoms with Crippen LogP contribution in [0.3, 0.4) is 0 Å². The largest absolute Gasteiger partial charge is 0.417 e. The number of amides is 2. The Morgan fingerprint density at radius 2 is 1.68 bits per heavy atom. The minimum atomic E-state index is -4.58. The molecule has 1 atom stereocenters. The van der Waals surface area contributed by atoms with Crippen molar-refractivity contribution < 1.29 is 27.5 Å². The molecule has 25 heavy (non-hydrogen) atoms. The van der Waals surface area contributed by atoms with Crippen LogP contribution in [0.1, 0.15) is 28.8 Å². The maximum absolute atomic E-state index is 13.1. The van der Waals surface area contributed by atoms with Crippen LogP contribution >= 0.6 is 0 Å². The number of hydrogen-bond donors (Lipinski definition) is 0. The number of halogens is 3. The number of piperazine rings is 1. The van der Waals surface area contributed by atoms with E-state index >= 15 is 0 Å². The van der Waals surface area contributed by atoms with E-state index in [4.69, 9.17) is 4.74 Å². The Morgan fingerprint density at radius 1 is 1.04 bits per heavy atom. The highest BCUT2D eigenvalue weighted by molar-refractivity contribution is 5.96. The Balaban J connectivity index is 1.65. The lowest BCUT2D eigenvalue weighted by Gasteiger charge is -2.36. The van der Waals surface area contributed by atoms with Gasteiger partial charge in [0.1, 0.15) is 6.10 Å². The molecular weight excluding hydrogens is 337 g/mol. The molecule has 0 N–H and O–H groups in total. The van der Waals surface area contributed by atoms with E-state index < -0.39 is 23.8 Å². The fraction of sp³-hybridized carbons (Fsp3) is 0.529. The maximum Gasteiger partial charge on any atom is 0.417 e. The number of carbonyl (C=O) groups excluding carboxylic acids is 2. The monoisotopic (exact) mass is 356 g/mol. The van der Waals surface area contributed by atoms with Crippen LogP contribution in [0.25, 0.3) is 0 Å². The average molecular weight is 356 g/mol. The zero-order chi connectivity index (χ0) is 18.0. The molecule has 5 nitrogen and oxygen atoms in total. The first-order chi connectivity index (χ1) is 11.9. The van der Waals surface area contributed by atoms with Gasteiger partial charge in [0.25, 0.3) is 11.8 Å². The summed E-state index contributed by atoms with van der Waals surface area (Å²) >= 11 is 0. The molecule has 1 aromatic carbocycles. The zero-order valence-corrected chi connectivity index (χ0v) is 13.6. The van der Waals surface area contributed by atoms with E-state index in [1.54, 1.807) is 4.90 Å². The third-order valence-electron chi connectivity index (χ3n) is 4.55. The number of benzene rings is 1. The van der Waals surface area contributed by atoms with Crippen LogP contribution in [0.2, 0.25) is 0 Å². The second kappa shape index (κ2) is 7.03. The smallest absolute Gasteiger partial charge is 0.368 e. The zero-order valence-electron chi connectivity index (χ0n) is 13.6. The van der Waals surface area contributed by atoms with Crippen molar-refractivity contribution in [3.63, 3.8) is 0 Å². The SMILES string of the molecule is O=C(c1ccccc1C(F)(F)F)N1CCN(C(=O)C2CCCO2)CC1. The van der Waals surface area contributed by atoms with Gasteiger partial charge in [0.05, 0.1) is 11.1 Å². The fourth-order valence-corrected chi connectivity index (χ4v) is 3.19. The van der Waals surface area contributed by atoms with E-state index in [2.05, 4.69) is 0 Å². The molecule has 136 valence electrons. The van der Waals surface area contributed by atoms with Gasteiger partial charge in [-0.15, -0.1) is 0 Å². The quantitative estimate of drug-likeness (QED) is 0.816. The van der Waals surface area contributed by atoms with Crippen LogP contribution < -0.4 is 0 Å². The highest BCUT2D eigenvalue weighted by atomic mass is 19.4. The molecule has 1 unspecified atom stereocenters. The molecule has 0 radical (unpaired) electrons. The molecule has 0 aromatic heterocycles.